The quantitative estimate of drug-likeness (QED) is 0.817. The third kappa shape index (κ3) is 2.89. The molecule has 1 aromatic rings. The van der Waals surface area contributed by atoms with E-state index in [-0.39, 0.29) is 0 Å². The second kappa shape index (κ2) is 6.50. The van der Waals surface area contributed by atoms with Gasteiger partial charge in [0.2, 0.25) is 0 Å². The second-order valence-corrected chi connectivity index (χ2v) is 6.83. The van der Waals surface area contributed by atoms with Gasteiger partial charge in [0.05, 0.1) is 13.2 Å². The van der Waals surface area contributed by atoms with Crippen LogP contribution in [0.2, 0.25) is 0 Å². The fourth-order valence-corrected chi connectivity index (χ4v) is 4.27. The van der Waals surface area contributed by atoms with Crippen LogP contribution in [-0.4, -0.2) is 6.54 Å². The predicted molar refractivity (Wildman–Crippen MR) is 87.2 cm³/mol. The number of ether oxygens (including phenoxy) is 1. The maximum Gasteiger partial charge on any atom is 0.0725 e. The van der Waals surface area contributed by atoms with Crippen molar-refractivity contribution >= 4 is 0 Å². The highest BCUT2D eigenvalue weighted by Gasteiger charge is 2.40. The highest BCUT2D eigenvalue weighted by Crippen LogP contribution is 2.50. The number of rotatable bonds is 6. The lowest BCUT2D eigenvalue weighted by molar-refractivity contribution is 0.134. The zero-order valence-electron chi connectivity index (χ0n) is 13.6. The van der Waals surface area contributed by atoms with Crippen molar-refractivity contribution in [1.82, 2.24) is 5.32 Å². The Morgan fingerprint density at radius 3 is 2.62 bits per heavy atom. The normalized spacial score (nSPS) is 21.4. The molecule has 21 heavy (non-hydrogen) atoms. The average Bonchev–Trinajstić information content (AvgIpc) is 3.16. The van der Waals surface area contributed by atoms with E-state index in [0.717, 1.165) is 19.8 Å². The van der Waals surface area contributed by atoms with Crippen molar-refractivity contribution in [2.45, 2.75) is 71.6 Å². The van der Waals surface area contributed by atoms with Crippen molar-refractivity contribution in [3.8, 4) is 0 Å². The van der Waals surface area contributed by atoms with Gasteiger partial charge in [0.15, 0.2) is 0 Å². The highest BCUT2D eigenvalue weighted by molar-refractivity contribution is 5.35. The predicted octanol–water partition coefficient (Wildman–Crippen LogP) is 4.73. The first-order valence-corrected chi connectivity index (χ1v) is 8.72. The Hall–Kier alpha value is -0.860. The van der Waals surface area contributed by atoms with E-state index < -0.39 is 0 Å². The maximum atomic E-state index is 5.59. The molecule has 0 amide bonds. The molecule has 1 aromatic carbocycles. The average molecular weight is 287 g/mol. The van der Waals surface area contributed by atoms with E-state index in [9.17, 15) is 0 Å². The van der Waals surface area contributed by atoms with E-state index in [2.05, 4.69) is 37.4 Å². The summed E-state index contributed by atoms with van der Waals surface area (Å²) in [7, 11) is 0. The molecule has 1 aliphatic carbocycles. The van der Waals surface area contributed by atoms with Crippen LogP contribution >= 0.6 is 0 Å². The molecule has 2 aliphatic rings. The number of fused-ring (bicyclic) bond motifs is 1. The van der Waals surface area contributed by atoms with Gasteiger partial charge in [-0.25, -0.2) is 0 Å². The van der Waals surface area contributed by atoms with Crippen LogP contribution in [0.4, 0.5) is 0 Å². The van der Waals surface area contributed by atoms with Crippen molar-refractivity contribution in [2.24, 2.45) is 5.41 Å². The highest BCUT2D eigenvalue weighted by atomic mass is 16.5. The van der Waals surface area contributed by atoms with Gasteiger partial charge in [-0.2, -0.15) is 0 Å². The largest absolute Gasteiger partial charge is 0.372 e. The molecule has 1 saturated carbocycles. The standard InChI is InChI=1S/C19H29NO/c1-3-11-20-18(19(4-2)9-5-6-10-19)15-7-8-16-13-21-14-17(16)12-15/h7-8,12,18,20H,3-6,9-11,13-14H2,1-2H3. The van der Waals surface area contributed by atoms with Crippen LogP contribution in [0.25, 0.3) is 0 Å². The Morgan fingerprint density at radius 1 is 1.14 bits per heavy atom. The smallest absolute Gasteiger partial charge is 0.0725 e. The SMILES string of the molecule is CCCNC(c1ccc2c(c1)COC2)C1(CC)CCCC1. The minimum absolute atomic E-state index is 0.461. The molecule has 1 unspecified atom stereocenters. The van der Waals surface area contributed by atoms with E-state index in [1.165, 1.54) is 55.2 Å². The maximum absolute atomic E-state index is 5.59. The molecule has 1 atom stereocenters. The molecule has 2 heteroatoms. The van der Waals surface area contributed by atoms with Crippen molar-refractivity contribution in [3.05, 3.63) is 34.9 Å². The molecule has 0 radical (unpaired) electrons. The number of nitrogens with one attached hydrogen (secondary N) is 1. The molecule has 1 heterocycles. The molecule has 0 aromatic heterocycles. The van der Waals surface area contributed by atoms with Gasteiger partial charge in [-0.1, -0.05) is 44.9 Å². The van der Waals surface area contributed by atoms with E-state index >= 15 is 0 Å². The third-order valence-electron chi connectivity index (χ3n) is 5.59. The lowest BCUT2D eigenvalue weighted by Gasteiger charge is -2.38. The zero-order chi connectivity index (χ0) is 14.7. The first-order chi connectivity index (χ1) is 10.3. The first-order valence-electron chi connectivity index (χ1n) is 8.72. The summed E-state index contributed by atoms with van der Waals surface area (Å²) in [6.07, 6.45) is 8.02. The molecule has 1 N–H and O–H groups in total. The van der Waals surface area contributed by atoms with Crippen LogP contribution in [0.5, 0.6) is 0 Å². The Morgan fingerprint density at radius 2 is 1.90 bits per heavy atom. The Balaban J connectivity index is 1.91. The summed E-state index contributed by atoms with van der Waals surface area (Å²) in [4.78, 5) is 0. The van der Waals surface area contributed by atoms with Crippen molar-refractivity contribution in [3.63, 3.8) is 0 Å². The Labute approximate surface area is 129 Å². The minimum Gasteiger partial charge on any atom is -0.372 e. The van der Waals surface area contributed by atoms with Gasteiger partial charge < -0.3 is 10.1 Å². The van der Waals surface area contributed by atoms with Crippen molar-refractivity contribution in [2.75, 3.05) is 6.54 Å². The number of hydrogen-bond acceptors (Lipinski definition) is 2. The van der Waals surface area contributed by atoms with Gasteiger partial charge in [0, 0.05) is 6.04 Å². The lowest BCUT2D eigenvalue weighted by Crippen LogP contribution is -2.36. The van der Waals surface area contributed by atoms with Crippen LogP contribution in [0, 0.1) is 5.41 Å². The zero-order valence-corrected chi connectivity index (χ0v) is 13.6. The van der Waals surface area contributed by atoms with Crippen LogP contribution in [-0.2, 0) is 18.0 Å². The fourth-order valence-electron chi connectivity index (χ4n) is 4.27. The first kappa shape index (κ1) is 15.1. The second-order valence-electron chi connectivity index (χ2n) is 6.83. The number of benzene rings is 1. The van der Waals surface area contributed by atoms with Gasteiger partial charge >= 0.3 is 0 Å². The van der Waals surface area contributed by atoms with Gasteiger partial charge in [-0.3, -0.25) is 0 Å². The van der Waals surface area contributed by atoms with Gasteiger partial charge in [0.1, 0.15) is 0 Å². The molecular weight excluding hydrogens is 258 g/mol. The molecule has 2 nitrogen and oxygen atoms in total. The summed E-state index contributed by atoms with van der Waals surface area (Å²) >= 11 is 0. The van der Waals surface area contributed by atoms with Gasteiger partial charge in [0.25, 0.3) is 0 Å². The summed E-state index contributed by atoms with van der Waals surface area (Å²) in [5.74, 6) is 0. The molecule has 0 saturated heterocycles. The third-order valence-corrected chi connectivity index (χ3v) is 5.59. The topological polar surface area (TPSA) is 21.3 Å². The van der Waals surface area contributed by atoms with Crippen molar-refractivity contribution in [1.29, 1.82) is 0 Å². The molecule has 0 spiro atoms. The van der Waals surface area contributed by atoms with Crippen LogP contribution < -0.4 is 5.32 Å². The summed E-state index contributed by atoms with van der Waals surface area (Å²) in [6, 6.07) is 7.55. The van der Waals surface area contributed by atoms with E-state index in [1.54, 1.807) is 0 Å². The summed E-state index contributed by atoms with van der Waals surface area (Å²) in [5, 5.41) is 3.87. The van der Waals surface area contributed by atoms with Crippen LogP contribution in [0.3, 0.4) is 0 Å². The lowest BCUT2D eigenvalue weighted by atomic mass is 9.73. The van der Waals surface area contributed by atoms with E-state index in [0.29, 0.717) is 11.5 Å². The molecule has 0 bridgehead atoms. The molecule has 3 rings (SSSR count). The summed E-state index contributed by atoms with van der Waals surface area (Å²) in [5.41, 5.74) is 4.73. The molecule has 116 valence electrons. The van der Waals surface area contributed by atoms with Crippen LogP contribution in [0.1, 0.15) is 75.1 Å². The van der Waals surface area contributed by atoms with Gasteiger partial charge in [-0.15, -0.1) is 0 Å². The molecule has 1 aliphatic heterocycles. The Kier molecular flexibility index (Phi) is 4.66. The van der Waals surface area contributed by atoms with E-state index in [1.807, 2.05) is 0 Å². The summed E-state index contributed by atoms with van der Waals surface area (Å²) < 4.78 is 5.59. The minimum atomic E-state index is 0.461. The van der Waals surface area contributed by atoms with Crippen molar-refractivity contribution < 1.29 is 4.74 Å². The Bertz CT molecular complexity index is 476. The monoisotopic (exact) mass is 287 g/mol. The summed E-state index contributed by atoms with van der Waals surface area (Å²) in [6.45, 7) is 7.33. The number of hydrogen-bond donors (Lipinski definition) is 1. The van der Waals surface area contributed by atoms with Crippen LogP contribution in [0.15, 0.2) is 18.2 Å². The molecular formula is C19H29NO. The van der Waals surface area contributed by atoms with Gasteiger partial charge in [-0.05, 0) is 54.3 Å². The van der Waals surface area contributed by atoms with E-state index in [4.69, 9.17) is 4.74 Å². The fraction of sp³-hybridized carbons (Fsp3) is 0.684. The molecule has 1 fully saturated rings.